The summed E-state index contributed by atoms with van der Waals surface area (Å²) in [5, 5.41) is 12.2. The van der Waals surface area contributed by atoms with Crippen molar-refractivity contribution in [2.75, 3.05) is 0 Å². The first-order chi connectivity index (χ1) is 25.1. The molecule has 5 aromatic carbocycles. The minimum atomic E-state index is -0.872. The van der Waals surface area contributed by atoms with Gasteiger partial charge in [-0.25, -0.2) is 9.67 Å². The first-order valence-corrected chi connectivity index (χ1v) is 16.6. The summed E-state index contributed by atoms with van der Waals surface area (Å²) in [6.07, 6.45) is 5.21. The minimum Gasteiger partial charge on any atom is -0.509 e. The van der Waals surface area contributed by atoms with Gasteiger partial charge in [0.1, 0.15) is 5.82 Å². The first-order valence-electron chi connectivity index (χ1n) is 17.6. The van der Waals surface area contributed by atoms with Gasteiger partial charge in [0.25, 0.3) is 0 Å². The fraction of sp³-hybridized carbons (Fsp3) is 0.140. The Morgan fingerprint density at radius 3 is 2.06 bits per heavy atom. The molecule has 0 fully saturated rings. The third-order valence-electron chi connectivity index (χ3n) is 9.30. The van der Waals surface area contributed by atoms with Crippen LogP contribution in [0.4, 0.5) is 0 Å². The number of para-hydroxylation sites is 3. The van der Waals surface area contributed by atoms with Crippen molar-refractivity contribution in [3.8, 4) is 28.7 Å². The Kier molecular flexibility index (Phi) is 7.72. The number of ether oxygens (including phenoxy) is 1. The molecule has 9 aromatic rings. The van der Waals surface area contributed by atoms with Crippen LogP contribution in [0.15, 0.2) is 122 Å². The Morgan fingerprint density at radius 1 is 0.667 bits per heavy atom. The third kappa shape index (κ3) is 5.44. The quantitative estimate of drug-likeness (QED) is 0.150. The van der Waals surface area contributed by atoms with Gasteiger partial charge in [-0.2, -0.15) is 12.1 Å². The van der Waals surface area contributed by atoms with Gasteiger partial charge in [0, 0.05) is 49.0 Å². The molecule has 0 spiro atoms. The van der Waals surface area contributed by atoms with E-state index in [4.69, 9.17) is 12.5 Å². The van der Waals surface area contributed by atoms with Crippen molar-refractivity contribution in [3.63, 3.8) is 0 Å². The van der Waals surface area contributed by atoms with E-state index in [2.05, 4.69) is 68.0 Å². The molecular weight excluding hydrogens is 812 g/mol. The molecule has 4 aromatic heterocycles. The molecule has 51 heavy (non-hydrogen) atoms. The van der Waals surface area contributed by atoms with Crippen molar-refractivity contribution in [2.45, 2.75) is 39.5 Å². The van der Waals surface area contributed by atoms with Gasteiger partial charge in [-0.05, 0) is 46.1 Å². The topological polar surface area (TPSA) is 62.7 Å². The van der Waals surface area contributed by atoms with Gasteiger partial charge in [-0.15, -0.1) is 40.8 Å². The molecule has 0 atom stereocenters. The van der Waals surface area contributed by atoms with Crippen LogP contribution in [0.2, 0.25) is 0 Å². The maximum Gasteiger partial charge on any atom is 2.00 e. The van der Waals surface area contributed by atoms with Gasteiger partial charge >= 0.3 is 21.1 Å². The Labute approximate surface area is 313 Å². The van der Waals surface area contributed by atoms with Crippen molar-refractivity contribution in [2.24, 2.45) is 0 Å². The molecule has 0 bridgehead atoms. The Balaban J connectivity index is 0.00000400. The van der Waals surface area contributed by atoms with Gasteiger partial charge in [0.05, 0.1) is 22.9 Å². The normalized spacial score (nSPS) is 12.7. The second-order valence-electron chi connectivity index (χ2n) is 12.9. The van der Waals surface area contributed by atoms with Gasteiger partial charge in [0.2, 0.25) is 0 Å². The zero-order valence-electron chi connectivity index (χ0n) is 30.5. The van der Waals surface area contributed by atoms with Crippen LogP contribution in [0.25, 0.3) is 60.8 Å². The van der Waals surface area contributed by atoms with E-state index in [1.165, 1.54) is 0 Å². The summed E-state index contributed by atoms with van der Waals surface area (Å²) in [5.74, 6) is 0.0216. The SMILES string of the molecule is [2H]C(C)(C)c1cccc2c3cccc(C([2H])(C)C)c3n(-c3ccnc(-n4c5[c-]c(Oc6[c-]c(-n7ccnn7)ccc6)ccc5c5ccccc54)c3)c12.[Pt+2]. The van der Waals surface area contributed by atoms with Crippen LogP contribution >= 0.6 is 0 Å². The standard InChI is InChI=1S/C43H34N6O.Pt/c1-27(2)33-13-8-15-37-38-16-9-14-34(28(3)4)43(38)48(42(33)37)30-20-21-44-41(25-30)49-39-17-6-5-12-35(39)36-19-18-32(26-40(36)49)50-31-11-7-10-29(24-31)47-23-22-45-46-47;/h5-23,25,27-28H,1-4H3;/q-2;+2/i27D,28D;. The van der Waals surface area contributed by atoms with Crippen LogP contribution in [0.5, 0.6) is 11.5 Å². The molecule has 4 heterocycles. The molecule has 0 saturated carbocycles. The van der Waals surface area contributed by atoms with E-state index in [1.54, 1.807) is 17.1 Å². The Bertz CT molecular complexity index is 2740. The smallest absolute Gasteiger partial charge is 0.509 e. The van der Waals surface area contributed by atoms with Gasteiger partial charge < -0.3 is 13.9 Å². The number of nitrogens with zero attached hydrogens (tertiary/aromatic N) is 6. The van der Waals surface area contributed by atoms with Crippen LogP contribution in [0, 0.1) is 12.1 Å². The number of fused-ring (bicyclic) bond motifs is 6. The average molecular weight is 848 g/mol. The largest absolute Gasteiger partial charge is 2.00 e. The summed E-state index contributed by atoms with van der Waals surface area (Å²) in [5.41, 5.74) is 7.13. The van der Waals surface area contributed by atoms with Crippen molar-refractivity contribution < 1.29 is 28.5 Å². The van der Waals surface area contributed by atoms with E-state index in [9.17, 15) is 0 Å². The molecule has 0 N–H and O–H groups in total. The van der Waals surface area contributed by atoms with Crippen LogP contribution < -0.4 is 4.74 Å². The number of rotatable bonds is 7. The molecule has 0 amide bonds. The van der Waals surface area contributed by atoms with E-state index >= 15 is 0 Å². The predicted octanol–water partition coefficient (Wildman–Crippen LogP) is 10.5. The summed E-state index contributed by atoms with van der Waals surface area (Å²) in [6.45, 7) is 7.70. The summed E-state index contributed by atoms with van der Waals surface area (Å²) < 4.78 is 30.6. The molecule has 0 saturated heterocycles. The van der Waals surface area contributed by atoms with Crippen LogP contribution in [-0.4, -0.2) is 29.1 Å². The summed E-state index contributed by atoms with van der Waals surface area (Å²) in [6, 6.07) is 41.2. The summed E-state index contributed by atoms with van der Waals surface area (Å²) in [4.78, 5) is 4.94. The van der Waals surface area contributed by atoms with Crippen molar-refractivity contribution in [1.82, 2.24) is 29.1 Å². The molecular formula is C43H34N6OPt. The minimum absolute atomic E-state index is 0. The zero-order valence-corrected chi connectivity index (χ0v) is 30.7. The number of aromatic nitrogens is 6. The van der Waals surface area contributed by atoms with Gasteiger partial charge in [-0.3, -0.25) is 0 Å². The Hall–Kier alpha value is -5.52. The van der Waals surface area contributed by atoms with Gasteiger partial charge in [0.15, 0.2) is 0 Å². The van der Waals surface area contributed by atoms with Crippen molar-refractivity contribution in [1.29, 1.82) is 0 Å². The third-order valence-corrected chi connectivity index (χ3v) is 9.30. The molecule has 0 aliphatic carbocycles. The average Bonchev–Trinajstić information content (AvgIpc) is 3.86. The molecule has 8 heteroatoms. The second-order valence-corrected chi connectivity index (χ2v) is 12.9. The predicted molar refractivity (Wildman–Crippen MR) is 200 cm³/mol. The molecule has 252 valence electrons. The van der Waals surface area contributed by atoms with Crippen molar-refractivity contribution in [3.05, 3.63) is 145 Å². The molecule has 0 aliphatic heterocycles. The van der Waals surface area contributed by atoms with Crippen LogP contribution in [-0.2, 0) is 21.1 Å². The maximum absolute atomic E-state index is 9.16. The first kappa shape index (κ1) is 30.3. The number of pyridine rings is 1. The van der Waals surface area contributed by atoms with Crippen LogP contribution in [0.3, 0.4) is 0 Å². The number of benzene rings is 5. The zero-order chi connectivity index (χ0) is 35.8. The fourth-order valence-electron chi connectivity index (χ4n) is 7.11. The van der Waals surface area contributed by atoms with Crippen LogP contribution in [0.1, 0.15) is 53.4 Å². The second kappa shape index (κ2) is 13.0. The monoisotopic (exact) mass is 847 g/mol. The van der Waals surface area contributed by atoms with E-state index in [0.717, 1.165) is 60.4 Å². The summed E-state index contributed by atoms with van der Waals surface area (Å²) in [7, 11) is 0. The molecule has 0 unspecified atom stereocenters. The van der Waals surface area contributed by atoms with E-state index < -0.39 is 11.8 Å². The van der Waals surface area contributed by atoms with E-state index in [-0.39, 0.29) is 21.1 Å². The maximum atomic E-state index is 9.16. The fourth-order valence-corrected chi connectivity index (χ4v) is 7.11. The molecule has 0 aliphatic rings. The molecule has 7 nitrogen and oxygen atoms in total. The van der Waals surface area contributed by atoms with Gasteiger partial charge in [-0.1, -0.05) is 93.0 Å². The molecule has 0 radical (unpaired) electrons. The molecule has 9 rings (SSSR count). The van der Waals surface area contributed by atoms with Crippen molar-refractivity contribution >= 4 is 43.6 Å². The van der Waals surface area contributed by atoms with E-state index in [0.29, 0.717) is 23.0 Å². The number of hydrogen-bond donors (Lipinski definition) is 0. The van der Waals surface area contributed by atoms with E-state index in [1.807, 2.05) is 101 Å². The summed E-state index contributed by atoms with van der Waals surface area (Å²) >= 11 is 0. The number of hydrogen-bond acceptors (Lipinski definition) is 4. The Morgan fingerprint density at radius 2 is 1.35 bits per heavy atom.